The highest BCUT2D eigenvalue weighted by atomic mass is 127. The van der Waals surface area contributed by atoms with Crippen molar-refractivity contribution in [1.82, 2.24) is 15.5 Å². The van der Waals surface area contributed by atoms with Crippen molar-refractivity contribution in [1.29, 1.82) is 0 Å². The van der Waals surface area contributed by atoms with Gasteiger partial charge in [-0.25, -0.2) is 4.39 Å². The summed E-state index contributed by atoms with van der Waals surface area (Å²) in [7, 11) is 3.94. The van der Waals surface area contributed by atoms with E-state index >= 15 is 0 Å². The van der Waals surface area contributed by atoms with Crippen LogP contribution in [0.2, 0.25) is 0 Å². The van der Waals surface area contributed by atoms with Gasteiger partial charge >= 0.3 is 0 Å². The first-order valence-electron chi connectivity index (χ1n) is 8.08. The number of halogens is 2. The fourth-order valence-corrected chi connectivity index (χ4v) is 3.39. The van der Waals surface area contributed by atoms with Gasteiger partial charge < -0.3 is 15.5 Å². The van der Waals surface area contributed by atoms with Gasteiger partial charge in [-0.3, -0.25) is 4.99 Å². The number of piperidine rings is 1. The number of guanidine groups is 1. The third-order valence-corrected chi connectivity index (χ3v) is 5.15. The van der Waals surface area contributed by atoms with Crippen molar-refractivity contribution in [2.45, 2.75) is 24.3 Å². The van der Waals surface area contributed by atoms with Crippen LogP contribution in [0.4, 0.5) is 4.39 Å². The second-order valence-corrected chi connectivity index (χ2v) is 6.86. The highest BCUT2D eigenvalue weighted by Gasteiger charge is 2.16. The quantitative estimate of drug-likeness (QED) is 0.303. The number of nitrogens with zero attached hydrogens (tertiary/aromatic N) is 2. The van der Waals surface area contributed by atoms with Crippen molar-refractivity contribution in [2.24, 2.45) is 10.9 Å². The zero-order valence-electron chi connectivity index (χ0n) is 14.6. The number of thioether (sulfide) groups is 1. The van der Waals surface area contributed by atoms with Gasteiger partial charge in [-0.15, -0.1) is 35.7 Å². The Morgan fingerprint density at radius 1 is 1.33 bits per heavy atom. The van der Waals surface area contributed by atoms with E-state index in [0.717, 1.165) is 23.0 Å². The molecule has 0 aromatic heterocycles. The Hall–Kier alpha value is -0.540. The van der Waals surface area contributed by atoms with Crippen molar-refractivity contribution < 1.29 is 4.39 Å². The van der Waals surface area contributed by atoms with Crippen LogP contribution in [0.1, 0.15) is 18.4 Å². The molecule has 0 saturated carbocycles. The first-order chi connectivity index (χ1) is 11.1. The number of hydrogen-bond donors (Lipinski definition) is 2. The molecule has 0 unspecified atom stereocenters. The predicted molar refractivity (Wildman–Crippen MR) is 112 cm³/mol. The van der Waals surface area contributed by atoms with Gasteiger partial charge in [0.15, 0.2) is 5.96 Å². The normalized spacial score (nSPS) is 16.6. The molecule has 0 radical (unpaired) electrons. The Kier molecular flexibility index (Phi) is 9.99. The van der Waals surface area contributed by atoms with Gasteiger partial charge in [-0.2, -0.15) is 0 Å². The fraction of sp³-hybridized carbons (Fsp3) is 0.588. The number of nitrogens with one attached hydrogen (secondary N) is 2. The summed E-state index contributed by atoms with van der Waals surface area (Å²) in [5.41, 5.74) is 0.958. The van der Waals surface area contributed by atoms with E-state index in [1.165, 1.54) is 32.0 Å². The Morgan fingerprint density at radius 2 is 2.04 bits per heavy atom. The Balaban J connectivity index is 0.00000288. The maximum Gasteiger partial charge on any atom is 0.191 e. The molecule has 0 spiro atoms. The molecule has 0 amide bonds. The van der Waals surface area contributed by atoms with Crippen molar-refractivity contribution in [3.63, 3.8) is 0 Å². The molecule has 0 atom stereocenters. The second kappa shape index (κ2) is 11.1. The predicted octanol–water partition coefficient (Wildman–Crippen LogP) is 3.17. The van der Waals surface area contributed by atoms with E-state index in [1.807, 2.05) is 12.3 Å². The third-order valence-electron chi connectivity index (χ3n) is 4.31. The van der Waals surface area contributed by atoms with Crippen LogP contribution in [0.5, 0.6) is 0 Å². The van der Waals surface area contributed by atoms with Gasteiger partial charge in [-0.1, -0.05) is 0 Å². The maximum absolute atomic E-state index is 13.4. The molecule has 1 aromatic rings. The molecule has 2 N–H and O–H groups in total. The van der Waals surface area contributed by atoms with Crippen LogP contribution in [0.15, 0.2) is 28.1 Å². The van der Waals surface area contributed by atoms with Gasteiger partial charge in [0.1, 0.15) is 5.82 Å². The van der Waals surface area contributed by atoms with Crippen molar-refractivity contribution >= 4 is 41.7 Å². The van der Waals surface area contributed by atoms with Gasteiger partial charge in [0, 0.05) is 25.0 Å². The van der Waals surface area contributed by atoms with Crippen LogP contribution in [0.25, 0.3) is 0 Å². The molecular weight excluding hydrogens is 438 g/mol. The second-order valence-electron chi connectivity index (χ2n) is 6.01. The summed E-state index contributed by atoms with van der Waals surface area (Å²) in [5, 5.41) is 6.68. The molecule has 1 saturated heterocycles. The maximum atomic E-state index is 13.4. The van der Waals surface area contributed by atoms with Crippen LogP contribution in [0.3, 0.4) is 0 Å². The lowest BCUT2D eigenvalue weighted by atomic mass is 9.97. The lowest BCUT2D eigenvalue weighted by Gasteiger charge is -2.29. The average Bonchev–Trinajstić information content (AvgIpc) is 2.56. The monoisotopic (exact) mass is 466 g/mol. The first kappa shape index (κ1) is 21.5. The summed E-state index contributed by atoms with van der Waals surface area (Å²) in [6, 6.07) is 4.91. The zero-order valence-corrected chi connectivity index (χ0v) is 17.8. The molecular formula is C17H28FIN4S. The highest BCUT2D eigenvalue weighted by molar-refractivity contribution is 14.0. The Labute approximate surface area is 166 Å². The molecule has 7 heteroatoms. The lowest BCUT2D eigenvalue weighted by molar-refractivity contribution is 0.220. The third kappa shape index (κ3) is 6.76. The van der Waals surface area contributed by atoms with E-state index in [-0.39, 0.29) is 29.8 Å². The van der Waals surface area contributed by atoms with E-state index < -0.39 is 0 Å². The smallest absolute Gasteiger partial charge is 0.191 e. The van der Waals surface area contributed by atoms with Gasteiger partial charge in [0.2, 0.25) is 0 Å². The highest BCUT2D eigenvalue weighted by Crippen LogP contribution is 2.21. The molecule has 136 valence electrons. The minimum absolute atomic E-state index is 0. The topological polar surface area (TPSA) is 39.7 Å². The minimum Gasteiger partial charge on any atom is -0.356 e. The molecule has 1 aliphatic heterocycles. The van der Waals surface area contributed by atoms with Crippen LogP contribution in [-0.2, 0) is 6.54 Å². The summed E-state index contributed by atoms with van der Waals surface area (Å²) in [4.78, 5) is 7.72. The summed E-state index contributed by atoms with van der Waals surface area (Å²) < 4.78 is 13.4. The summed E-state index contributed by atoms with van der Waals surface area (Å²) in [6.45, 7) is 3.84. The van der Waals surface area contributed by atoms with Crippen LogP contribution in [0, 0.1) is 11.7 Å². The van der Waals surface area contributed by atoms with E-state index in [4.69, 9.17) is 0 Å². The fourth-order valence-electron chi connectivity index (χ4n) is 2.79. The number of aliphatic imine (C=N–C) groups is 1. The first-order valence-corrected chi connectivity index (χ1v) is 9.30. The van der Waals surface area contributed by atoms with Gasteiger partial charge in [0.05, 0.1) is 0 Å². The molecule has 2 rings (SSSR count). The summed E-state index contributed by atoms with van der Waals surface area (Å²) in [5.74, 6) is 1.27. The largest absolute Gasteiger partial charge is 0.356 e. The minimum atomic E-state index is -0.200. The molecule has 1 fully saturated rings. The molecule has 1 aliphatic rings. The molecule has 1 heterocycles. The molecule has 24 heavy (non-hydrogen) atoms. The zero-order chi connectivity index (χ0) is 16.7. The molecule has 0 bridgehead atoms. The standard InChI is InChI=1S/C17H27FN4S.HI/c1-19-17(20-11-13-6-8-22(2)9-7-13)21-12-14-10-15(18)4-5-16(14)23-3;/h4-5,10,13H,6-9,11-12H2,1-3H3,(H2,19,20,21);1H. The van der Waals surface area contributed by atoms with Crippen molar-refractivity contribution in [3.8, 4) is 0 Å². The van der Waals surface area contributed by atoms with Gasteiger partial charge in [0.25, 0.3) is 0 Å². The Bertz CT molecular complexity index is 533. The average molecular weight is 466 g/mol. The number of rotatable bonds is 5. The SMILES string of the molecule is CN=C(NCc1cc(F)ccc1SC)NCC1CCN(C)CC1.I. The molecule has 4 nitrogen and oxygen atoms in total. The van der Waals surface area contributed by atoms with E-state index in [9.17, 15) is 4.39 Å². The molecule has 1 aromatic carbocycles. The van der Waals surface area contributed by atoms with Gasteiger partial charge in [-0.05, 0) is 68.9 Å². The summed E-state index contributed by atoms with van der Waals surface area (Å²) in [6.07, 6.45) is 4.45. The van der Waals surface area contributed by atoms with Crippen molar-refractivity contribution in [2.75, 3.05) is 40.0 Å². The van der Waals surface area contributed by atoms with Crippen LogP contribution in [-0.4, -0.2) is 50.8 Å². The van der Waals surface area contributed by atoms with E-state index in [1.54, 1.807) is 24.9 Å². The Morgan fingerprint density at radius 3 is 2.67 bits per heavy atom. The van der Waals surface area contributed by atoms with Crippen LogP contribution >= 0.6 is 35.7 Å². The summed E-state index contributed by atoms with van der Waals surface area (Å²) >= 11 is 1.63. The molecule has 0 aliphatic carbocycles. The van der Waals surface area contributed by atoms with Crippen molar-refractivity contribution in [3.05, 3.63) is 29.6 Å². The number of benzene rings is 1. The number of likely N-dealkylation sites (tertiary alicyclic amines) is 1. The van der Waals surface area contributed by atoms with Crippen LogP contribution < -0.4 is 10.6 Å². The number of hydrogen-bond acceptors (Lipinski definition) is 3. The van der Waals surface area contributed by atoms with E-state index in [2.05, 4.69) is 27.6 Å². The lowest BCUT2D eigenvalue weighted by Crippen LogP contribution is -2.42. The van der Waals surface area contributed by atoms with E-state index in [0.29, 0.717) is 12.5 Å².